The van der Waals surface area contributed by atoms with Crippen molar-refractivity contribution in [2.45, 2.75) is 5.75 Å². The van der Waals surface area contributed by atoms with Crippen LogP contribution < -0.4 is 5.32 Å². The highest BCUT2D eigenvalue weighted by atomic mass is 32.2. The number of aromatic hydroxyl groups is 2. The van der Waals surface area contributed by atoms with Crippen molar-refractivity contribution in [3.8, 4) is 11.5 Å². The topological polar surface area (TPSA) is 95.9 Å². The number of phenolic OH excluding ortho intramolecular Hbond substituents is 2. The van der Waals surface area contributed by atoms with Crippen molar-refractivity contribution in [1.29, 1.82) is 0 Å². The van der Waals surface area contributed by atoms with E-state index in [2.05, 4.69) is 11.4 Å². The van der Waals surface area contributed by atoms with Crippen LogP contribution in [0, 0.1) is 0 Å². The van der Waals surface area contributed by atoms with Gasteiger partial charge >= 0.3 is 5.97 Å². The third-order valence-corrected chi connectivity index (χ3v) is 5.00. The van der Waals surface area contributed by atoms with Gasteiger partial charge in [-0.25, -0.2) is 4.79 Å². The summed E-state index contributed by atoms with van der Waals surface area (Å²) in [6.07, 6.45) is 0. The number of ether oxygens (including phenoxy) is 1. The molecular formula is C16H17NO5S2. The van der Waals surface area contributed by atoms with Crippen LogP contribution in [-0.4, -0.2) is 41.0 Å². The number of thiophene rings is 1. The van der Waals surface area contributed by atoms with Crippen LogP contribution in [-0.2, 0) is 15.3 Å². The maximum atomic E-state index is 11.7. The molecule has 0 saturated carbocycles. The molecule has 8 heteroatoms. The standard InChI is InChI=1S/C16H17NO5S2/c18-11-3-4-13(14(19)8-11)16(21)22-9-15(20)17-5-7-23-10-12-2-1-6-24-12/h1-4,6,8,18-19H,5,7,9-10H2,(H,17,20). The first-order valence-electron chi connectivity index (χ1n) is 7.12. The van der Waals surface area contributed by atoms with Crippen molar-refractivity contribution in [3.05, 3.63) is 46.2 Å². The maximum Gasteiger partial charge on any atom is 0.342 e. The van der Waals surface area contributed by atoms with Crippen LogP contribution in [0.4, 0.5) is 0 Å². The van der Waals surface area contributed by atoms with Gasteiger partial charge < -0.3 is 20.3 Å². The molecule has 0 fully saturated rings. The summed E-state index contributed by atoms with van der Waals surface area (Å²) in [4.78, 5) is 24.6. The highest BCUT2D eigenvalue weighted by molar-refractivity contribution is 7.98. The average molecular weight is 367 g/mol. The molecule has 128 valence electrons. The number of hydrogen-bond donors (Lipinski definition) is 3. The fourth-order valence-electron chi connectivity index (χ4n) is 1.78. The van der Waals surface area contributed by atoms with E-state index in [1.807, 2.05) is 11.4 Å². The summed E-state index contributed by atoms with van der Waals surface area (Å²) in [6.45, 7) is 0.0611. The van der Waals surface area contributed by atoms with Crippen molar-refractivity contribution >= 4 is 35.0 Å². The molecule has 1 amide bonds. The van der Waals surface area contributed by atoms with Gasteiger partial charge in [0.1, 0.15) is 17.1 Å². The number of phenols is 2. The Morgan fingerprint density at radius 2 is 2.08 bits per heavy atom. The van der Waals surface area contributed by atoms with E-state index >= 15 is 0 Å². The highest BCUT2D eigenvalue weighted by Crippen LogP contribution is 2.23. The molecule has 6 nitrogen and oxygen atoms in total. The lowest BCUT2D eigenvalue weighted by Crippen LogP contribution is -2.30. The predicted molar refractivity (Wildman–Crippen MR) is 93.5 cm³/mol. The van der Waals surface area contributed by atoms with E-state index in [0.717, 1.165) is 17.6 Å². The molecule has 1 aromatic carbocycles. The molecule has 0 aliphatic carbocycles. The fourth-order valence-corrected chi connectivity index (χ4v) is 3.48. The van der Waals surface area contributed by atoms with Crippen molar-refractivity contribution in [2.24, 2.45) is 0 Å². The molecular weight excluding hydrogens is 350 g/mol. The third-order valence-electron chi connectivity index (χ3n) is 2.93. The maximum absolute atomic E-state index is 11.7. The number of carbonyl (C=O) groups is 2. The van der Waals surface area contributed by atoms with Crippen LogP contribution in [0.5, 0.6) is 11.5 Å². The minimum Gasteiger partial charge on any atom is -0.508 e. The van der Waals surface area contributed by atoms with Crippen molar-refractivity contribution < 1.29 is 24.5 Å². The number of amides is 1. The van der Waals surface area contributed by atoms with Gasteiger partial charge in [0, 0.05) is 29.0 Å². The van der Waals surface area contributed by atoms with Crippen LogP contribution in [0.2, 0.25) is 0 Å². The average Bonchev–Trinajstić information content (AvgIpc) is 3.05. The number of hydrogen-bond acceptors (Lipinski definition) is 7. The zero-order chi connectivity index (χ0) is 17.4. The SMILES string of the molecule is O=C(COC(=O)c1ccc(O)cc1O)NCCSCc1cccs1. The van der Waals surface area contributed by atoms with E-state index in [4.69, 9.17) is 9.84 Å². The van der Waals surface area contributed by atoms with E-state index in [1.165, 1.54) is 17.0 Å². The Labute approximate surface area is 147 Å². The van der Waals surface area contributed by atoms with Gasteiger partial charge in [-0.05, 0) is 23.6 Å². The summed E-state index contributed by atoms with van der Waals surface area (Å²) >= 11 is 3.41. The smallest absolute Gasteiger partial charge is 0.342 e. The van der Waals surface area contributed by atoms with Gasteiger partial charge in [-0.3, -0.25) is 4.79 Å². The first-order chi connectivity index (χ1) is 11.6. The Morgan fingerprint density at radius 1 is 1.25 bits per heavy atom. The van der Waals surface area contributed by atoms with Crippen LogP contribution in [0.25, 0.3) is 0 Å². The van der Waals surface area contributed by atoms with E-state index in [1.54, 1.807) is 23.1 Å². The highest BCUT2D eigenvalue weighted by Gasteiger charge is 2.14. The first kappa shape index (κ1) is 18.2. The van der Waals surface area contributed by atoms with E-state index < -0.39 is 24.2 Å². The summed E-state index contributed by atoms with van der Waals surface area (Å²) in [7, 11) is 0. The quantitative estimate of drug-likeness (QED) is 0.490. The Kier molecular flexibility index (Phi) is 6.95. The van der Waals surface area contributed by atoms with Gasteiger partial charge in [0.2, 0.25) is 0 Å². The van der Waals surface area contributed by atoms with Crippen LogP contribution >= 0.6 is 23.1 Å². The van der Waals surface area contributed by atoms with E-state index in [0.29, 0.717) is 6.54 Å². The van der Waals surface area contributed by atoms with Gasteiger partial charge in [0.25, 0.3) is 5.91 Å². The van der Waals surface area contributed by atoms with E-state index in [-0.39, 0.29) is 11.3 Å². The largest absolute Gasteiger partial charge is 0.508 e. The second-order valence-electron chi connectivity index (χ2n) is 4.76. The first-order valence-corrected chi connectivity index (χ1v) is 9.15. The van der Waals surface area contributed by atoms with Gasteiger partial charge in [-0.2, -0.15) is 11.8 Å². The monoisotopic (exact) mass is 367 g/mol. The minimum absolute atomic E-state index is 0.105. The second-order valence-corrected chi connectivity index (χ2v) is 6.90. The summed E-state index contributed by atoms with van der Waals surface area (Å²) in [6, 6.07) is 7.58. The predicted octanol–water partition coefficient (Wildman–Crippen LogP) is 2.37. The normalized spacial score (nSPS) is 10.3. The van der Waals surface area contributed by atoms with Crippen molar-refractivity contribution in [1.82, 2.24) is 5.32 Å². The fraction of sp³-hybridized carbons (Fsp3) is 0.250. The lowest BCUT2D eigenvalue weighted by atomic mass is 10.2. The number of thioether (sulfide) groups is 1. The molecule has 1 aromatic heterocycles. The number of rotatable bonds is 8. The molecule has 3 N–H and O–H groups in total. The van der Waals surface area contributed by atoms with Crippen molar-refractivity contribution in [2.75, 3.05) is 18.9 Å². The van der Waals surface area contributed by atoms with Gasteiger partial charge in [-0.1, -0.05) is 6.07 Å². The second kappa shape index (κ2) is 9.19. The van der Waals surface area contributed by atoms with Gasteiger partial charge in [0.05, 0.1) is 0 Å². The molecule has 0 bridgehead atoms. The molecule has 24 heavy (non-hydrogen) atoms. The molecule has 0 aliphatic heterocycles. The van der Waals surface area contributed by atoms with E-state index in [9.17, 15) is 14.7 Å². The minimum atomic E-state index is -0.824. The molecule has 2 rings (SSSR count). The van der Waals surface area contributed by atoms with Crippen LogP contribution in [0.15, 0.2) is 35.7 Å². The zero-order valence-corrected chi connectivity index (χ0v) is 14.4. The van der Waals surface area contributed by atoms with Gasteiger partial charge in [-0.15, -0.1) is 11.3 Å². The number of nitrogens with one attached hydrogen (secondary N) is 1. The van der Waals surface area contributed by atoms with Crippen LogP contribution in [0.3, 0.4) is 0 Å². The molecule has 0 aliphatic rings. The Hall–Kier alpha value is -2.19. The van der Waals surface area contributed by atoms with Gasteiger partial charge in [0.15, 0.2) is 6.61 Å². The number of carbonyl (C=O) groups excluding carboxylic acids is 2. The Bertz CT molecular complexity index is 688. The summed E-state index contributed by atoms with van der Waals surface area (Å²) in [5.74, 6) is -0.126. The molecule has 0 radical (unpaired) electrons. The molecule has 1 heterocycles. The summed E-state index contributed by atoms with van der Waals surface area (Å²) in [5, 5.41) is 23.4. The summed E-state index contributed by atoms with van der Waals surface area (Å²) < 4.78 is 4.83. The molecule has 0 atom stereocenters. The summed E-state index contributed by atoms with van der Waals surface area (Å²) in [5.41, 5.74) is -0.105. The van der Waals surface area contributed by atoms with Crippen molar-refractivity contribution in [3.63, 3.8) is 0 Å². The molecule has 0 spiro atoms. The number of benzene rings is 1. The Morgan fingerprint density at radius 3 is 2.79 bits per heavy atom. The lowest BCUT2D eigenvalue weighted by Gasteiger charge is -2.07. The zero-order valence-electron chi connectivity index (χ0n) is 12.7. The Balaban J connectivity index is 1.62. The number of esters is 1. The molecule has 0 saturated heterocycles. The van der Waals surface area contributed by atoms with Crippen LogP contribution in [0.1, 0.15) is 15.2 Å². The molecule has 0 unspecified atom stereocenters. The lowest BCUT2D eigenvalue weighted by molar-refractivity contribution is -0.124. The molecule has 2 aromatic rings. The third kappa shape index (κ3) is 5.78.